The predicted octanol–water partition coefficient (Wildman–Crippen LogP) is 1.57. The van der Waals surface area contributed by atoms with Crippen LogP contribution in [0.1, 0.15) is 39.0 Å². The maximum atomic E-state index is 10.1. The van der Waals surface area contributed by atoms with E-state index in [1.807, 2.05) is 0 Å². The van der Waals surface area contributed by atoms with Crippen LogP contribution in [0.25, 0.3) is 0 Å². The summed E-state index contributed by atoms with van der Waals surface area (Å²) in [5, 5.41) is 10.1. The lowest BCUT2D eigenvalue weighted by atomic mass is 10.00. The fraction of sp³-hybridized carbons (Fsp3) is 1.00. The lowest BCUT2D eigenvalue weighted by Crippen LogP contribution is -2.48. The summed E-state index contributed by atoms with van der Waals surface area (Å²) >= 11 is 0. The number of hydrogen-bond acceptors (Lipinski definition) is 3. The quantitative estimate of drug-likeness (QED) is 0.790. The Bertz CT molecular complexity index is 208. The molecule has 1 heterocycles. The second kappa shape index (κ2) is 6.72. The largest absolute Gasteiger partial charge is 0.392 e. The Hall–Kier alpha value is -0.120. The number of rotatable bonds is 5. The molecule has 0 aromatic carbocycles. The van der Waals surface area contributed by atoms with Crippen molar-refractivity contribution in [1.29, 1.82) is 0 Å². The normalized spacial score (nSPS) is 26.5. The molecule has 0 aromatic heterocycles. The molecular weight excluding hydrogens is 212 g/mol. The average molecular weight is 240 g/mol. The summed E-state index contributed by atoms with van der Waals surface area (Å²) in [6, 6.07) is 0. The van der Waals surface area contributed by atoms with Gasteiger partial charge in [0.25, 0.3) is 0 Å². The first-order valence-electron chi connectivity index (χ1n) is 7.40. The van der Waals surface area contributed by atoms with Crippen LogP contribution in [-0.4, -0.2) is 60.3 Å². The zero-order valence-electron chi connectivity index (χ0n) is 11.3. The van der Waals surface area contributed by atoms with Crippen molar-refractivity contribution in [3.8, 4) is 0 Å². The molecule has 1 aliphatic heterocycles. The highest BCUT2D eigenvalue weighted by Crippen LogP contribution is 2.28. The van der Waals surface area contributed by atoms with E-state index in [1.54, 1.807) is 0 Å². The van der Waals surface area contributed by atoms with Crippen molar-refractivity contribution in [2.24, 2.45) is 5.92 Å². The number of nitrogens with zero attached hydrogens (tertiary/aromatic N) is 2. The van der Waals surface area contributed by atoms with Crippen molar-refractivity contribution >= 4 is 0 Å². The highest BCUT2D eigenvalue weighted by atomic mass is 16.3. The van der Waals surface area contributed by atoms with Crippen molar-refractivity contribution in [1.82, 2.24) is 9.80 Å². The van der Waals surface area contributed by atoms with Gasteiger partial charge in [0.1, 0.15) is 0 Å². The van der Waals surface area contributed by atoms with E-state index in [0.717, 1.165) is 32.0 Å². The van der Waals surface area contributed by atoms with Crippen LogP contribution in [0.15, 0.2) is 0 Å². The summed E-state index contributed by atoms with van der Waals surface area (Å²) in [4.78, 5) is 4.92. The van der Waals surface area contributed by atoms with Gasteiger partial charge in [0.2, 0.25) is 0 Å². The van der Waals surface area contributed by atoms with E-state index in [9.17, 15) is 5.11 Å². The average Bonchev–Trinajstić information content (AvgIpc) is 2.82. The first-order valence-corrected chi connectivity index (χ1v) is 7.40. The summed E-state index contributed by atoms with van der Waals surface area (Å²) in [5.41, 5.74) is 0. The third-order valence-electron chi connectivity index (χ3n) is 4.46. The summed E-state index contributed by atoms with van der Waals surface area (Å²) in [7, 11) is 0. The van der Waals surface area contributed by atoms with E-state index >= 15 is 0 Å². The molecule has 1 aliphatic carbocycles. The molecule has 1 atom stereocenters. The minimum absolute atomic E-state index is 0.0914. The Morgan fingerprint density at radius 1 is 1.06 bits per heavy atom. The molecule has 1 N–H and O–H groups in total. The molecular formula is C14H28N2O. The molecule has 2 fully saturated rings. The van der Waals surface area contributed by atoms with Gasteiger partial charge in [-0.3, -0.25) is 4.90 Å². The second-order valence-corrected chi connectivity index (χ2v) is 5.77. The van der Waals surface area contributed by atoms with E-state index in [2.05, 4.69) is 16.7 Å². The third kappa shape index (κ3) is 4.23. The molecule has 3 heteroatoms. The molecule has 17 heavy (non-hydrogen) atoms. The molecule has 3 nitrogen and oxygen atoms in total. The van der Waals surface area contributed by atoms with Crippen LogP contribution in [0.4, 0.5) is 0 Å². The van der Waals surface area contributed by atoms with Crippen molar-refractivity contribution in [2.45, 2.75) is 45.1 Å². The van der Waals surface area contributed by atoms with Crippen LogP contribution in [0.3, 0.4) is 0 Å². The minimum atomic E-state index is -0.0914. The van der Waals surface area contributed by atoms with Gasteiger partial charge in [0, 0.05) is 32.7 Å². The number of likely N-dealkylation sites (N-methyl/N-ethyl adjacent to an activating group) is 1. The van der Waals surface area contributed by atoms with E-state index in [-0.39, 0.29) is 6.10 Å². The zero-order chi connectivity index (χ0) is 12.1. The van der Waals surface area contributed by atoms with E-state index in [1.165, 1.54) is 45.3 Å². The summed E-state index contributed by atoms with van der Waals surface area (Å²) in [5.74, 6) is 0.807. The molecule has 2 rings (SSSR count). The maximum Gasteiger partial charge on any atom is 0.0669 e. The predicted molar refractivity (Wildman–Crippen MR) is 71.1 cm³/mol. The van der Waals surface area contributed by atoms with Crippen molar-refractivity contribution < 1.29 is 5.11 Å². The first kappa shape index (κ1) is 13.3. The van der Waals surface area contributed by atoms with Crippen LogP contribution in [0.2, 0.25) is 0 Å². The van der Waals surface area contributed by atoms with Gasteiger partial charge in [0.05, 0.1) is 6.10 Å². The summed E-state index contributed by atoms with van der Waals surface area (Å²) < 4.78 is 0. The minimum Gasteiger partial charge on any atom is -0.392 e. The Morgan fingerprint density at radius 3 is 2.24 bits per heavy atom. The molecule has 2 aliphatic rings. The van der Waals surface area contributed by atoms with Crippen molar-refractivity contribution in [2.75, 3.05) is 39.3 Å². The molecule has 0 bridgehead atoms. The zero-order valence-corrected chi connectivity index (χ0v) is 11.3. The SMILES string of the molecule is CCN1CCN(CC(O)CC2CCCC2)CC1. The molecule has 0 amide bonds. The topological polar surface area (TPSA) is 26.7 Å². The van der Waals surface area contributed by atoms with Gasteiger partial charge in [-0.15, -0.1) is 0 Å². The molecule has 1 saturated heterocycles. The standard InChI is InChI=1S/C14H28N2O/c1-2-15-7-9-16(10-8-15)12-14(17)11-13-5-3-4-6-13/h13-14,17H,2-12H2,1H3. The Labute approximate surface area is 106 Å². The number of hydrogen-bond donors (Lipinski definition) is 1. The maximum absolute atomic E-state index is 10.1. The first-order chi connectivity index (χ1) is 8.28. The van der Waals surface area contributed by atoms with E-state index in [0.29, 0.717) is 0 Å². The highest BCUT2D eigenvalue weighted by molar-refractivity contribution is 4.76. The summed E-state index contributed by atoms with van der Waals surface area (Å²) in [6.45, 7) is 8.90. The van der Waals surface area contributed by atoms with Gasteiger partial charge in [-0.05, 0) is 18.9 Å². The molecule has 0 spiro atoms. The van der Waals surface area contributed by atoms with Crippen molar-refractivity contribution in [3.05, 3.63) is 0 Å². The van der Waals surface area contributed by atoms with Gasteiger partial charge < -0.3 is 10.0 Å². The smallest absolute Gasteiger partial charge is 0.0669 e. The number of aliphatic hydroxyl groups excluding tert-OH is 1. The van der Waals surface area contributed by atoms with Gasteiger partial charge in [-0.1, -0.05) is 32.6 Å². The second-order valence-electron chi connectivity index (χ2n) is 5.77. The molecule has 1 saturated carbocycles. The fourth-order valence-electron chi connectivity index (χ4n) is 3.29. The van der Waals surface area contributed by atoms with Crippen molar-refractivity contribution in [3.63, 3.8) is 0 Å². The Morgan fingerprint density at radius 2 is 1.65 bits per heavy atom. The Kier molecular flexibility index (Phi) is 5.26. The van der Waals surface area contributed by atoms with Gasteiger partial charge in [0.15, 0.2) is 0 Å². The number of β-amino-alcohol motifs (C(OH)–C–C–N with tert-alkyl or cyclic N) is 1. The van der Waals surface area contributed by atoms with Crippen LogP contribution in [0.5, 0.6) is 0 Å². The van der Waals surface area contributed by atoms with Gasteiger partial charge >= 0.3 is 0 Å². The fourth-order valence-corrected chi connectivity index (χ4v) is 3.29. The molecule has 0 aromatic rings. The van der Waals surface area contributed by atoms with E-state index < -0.39 is 0 Å². The Balaban J connectivity index is 1.63. The molecule has 1 unspecified atom stereocenters. The van der Waals surface area contributed by atoms with Gasteiger partial charge in [-0.25, -0.2) is 0 Å². The number of piperazine rings is 1. The third-order valence-corrected chi connectivity index (χ3v) is 4.46. The number of aliphatic hydroxyl groups is 1. The lowest BCUT2D eigenvalue weighted by Gasteiger charge is -2.35. The molecule has 0 radical (unpaired) electrons. The lowest BCUT2D eigenvalue weighted by molar-refractivity contribution is 0.0619. The van der Waals surface area contributed by atoms with Crippen LogP contribution in [-0.2, 0) is 0 Å². The van der Waals surface area contributed by atoms with Gasteiger partial charge in [-0.2, -0.15) is 0 Å². The van der Waals surface area contributed by atoms with Crippen LogP contribution >= 0.6 is 0 Å². The highest BCUT2D eigenvalue weighted by Gasteiger charge is 2.22. The monoisotopic (exact) mass is 240 g/mol. The van der Waals surface area contributed by atoms with Crippen LogP contribution in [0, 0.1) is 5.92 Å². The van der Waals surface area contributed by atoms with Crippen LogP contribution < -0.4 is 0 Å². The summed E-state index contributed by atoms with van der Waals surface area (Å²) in [6.07, 6.45) is 6.40. The van der Waals surface area contributed by atoms with E-state index in [4.69, 9.17) is 0 Å². The molecule has 100 valence electrons.